The third-order valence-corrected chi connectivity index (χ3v) is 10.4. The Bertz CT molecular complexity index is 1860. The van der Waals surface area contributed by atoms with Crippen LogP contribution in [-0.2, 0) is 11.9 Å². The van der Waals surface area contributed by atoms with Gasteiger partial charge in [0.05, 0.1) is 34.3 Å². The molecule has 2 fully saturated rings. The summed E-state index contributed by atoms with van der Waals surface area (Å²) in [4.78, 5) is 46.6. The zero-order chi connectivity index (χ0) is 33.1. The van der Waals surface area contributed by atoms with Gasteiger partial charge in [0.25, 0.3) is 11.5 Å². The van der Waals surface area contributed by atoms with Crippen LogP contribution in [-0.4, -0.2) is 51.0 Å². The number of anilines is 1. The zero-order valence-corrected chi connectivity index (χ0v) is 26.7. The number of nitrogens with one attached hydrogen (secondary N) is 1. The molecule has 3 aliphatic rings. The van der Waals surface area contributed by atoms with Crippen molar-refractivity contribution in [2.24, 2.45) is 0 Å². The molecule has 0 bridgehead atoms. The highest BCUT2D eigenvalue weighted by molar-refractivity contribution is 7.99. The second kappa shape index (κ2) is 12.2. The Balaban J connectivity index is 1.42. The van der Waals surface area contributed by atoms with Crippen molar-refractivity contribution in [2.75, 3.05) is 18.0 Å². The molecule has 9 nitrogen and oxygen atoms in total. The van der Waals surface area contributed by atoms with E-state index in [0.29, 0.717) is 24.7 Å². The van der Waals surface area contributed by atoms with Crippen molar-refractivity contribution in [3.05, 3.63) is 78.9 Å². The summed E-state index contributed by atoms with van der Waals surface area (Å²) in [6.07, 6.45) is 1.89. The number of urea groups is 1. The zero-order valence-electron chi connectivity index (χ0n) is 23.6. The van der Waals surface area contributed by atoms with Crippen LogP contribution in [0.15, 0.2) is 44.9 Å². The standard InChI is InChI=1S/C30H23Cl3F3N5O4S/c31-16-3-1-4-17(32)26(16)46-20-12-21(30(33,35)36)38-27(43)23(20)28(44)41-13-14-11-19(25(42)24(34)22(14)18(41)7-8-37)40-10-2-9-39(29(40)45)15-5-6-15/h1,3-4,11-12,15,18,42H,2,5-7,9-10,13H2,(H,38,43). The molecule has 2 aliphatic heterocycles. The lowest BCUT2D eigenvalue weighted by atomic mass is 9.99. The molecule has 1 saturated heterocycles. The number of carbonyl (C=O) groups is 2. The lowest BCUT2D eigenvalue weighted by Gasteiger charge is -2.36. The van der Waals surface area contributed by atoms with Crippen LogP contribution in [0, 0.1) is 17.1 Å². The summed E-state index contributed by atoms with van der Waals surface area (Å²) in [6.45, 7) is 0.461. The number of carbonyl (C=O) groups excluding carboxylic acids is 2. The summed E-state index contributed by atoms with van der Waals surface area (Å²) in [5, 5.41) is 16.8. The van der Waals surface area contributed by atoms with Gasteiger partial charge in [-0.15, -0.1) is 0 Å². The quantitative estimate of drug-likeness (QED) is 0.247. The third kappa shape index (κ3) is 5.76. The van der Waals surface area contributed by atoms with Gasteiger partial charge in [0.2, 0.25) is 0 Å². The van der Waals surface area contributed by atoms with Crippen LogP contribution in [0.1, 0.15) is 58.9 Å². The van der Waals surface area contributed by atoms with E-state index in [1.807, 2.05) is 11.1 Å². The summed E-state index contributed by atoms with van der Waals surface area (Å²) in [5.41, 5.74) is -2.83. The Morgan fingerprint density at radius 1 is 1.17 bits per heavy atom. The second-order valence-corrected chi connectivity index (χ2v) is 13.4. The first-order valence-electron chi connectivity index (χ1n) is 14.1. The number of phenolic OH excluding ortho intramolecular Hbond substituents is 1. The van der Waals surface area contributed by atoms with Crippen molar-refractivity contribution in [3.63, 3.8) is 0 Å². The molecule has 6 rings (SSSR count). The van der Waals surface area contributed by atoms with E-state index in [0.717, 1.165) is 23.8 Å². The van der Waals surface area contributed by atoms with Gasteiger partial charge in [0.15, 0.2) is 11.6 Å². The molecule has 1 unspecified atom stereocenters. The van der Waals surface area contributed by atoms with Crippen LogP contribution in [0.3, 0.4) is 0 Å². The lowest BCUT2D eigenvalue weighted by Crippen LogP contribution is -2.50. The molecule has 3 heterocycles. The van der Waals surface area contributed by atoms with Crippen LogP contribution >= 0.6 is 46.6 Å². The molecule has 3 aromatic rings. The number of pyridine rings is 1. The summed E-state index contributed by atoms with van der Waals surface area (Å²) in [6, 6.07) is 7.10. The van der Waals surface area contributed by atoms with E-state index in [1.54, 1.807) is 11.0 Å². The fourth-order valence-electron chi connectivity index (χ4n) is 5.85. The lowest BCUT2D eigenvalue weighted by molar-refractivity contribution is 0.0682. The number of halogens is 6. The molecule has 1 atom stereocenters. The summed E-state index contributed by atoms with van der Waals surface area (Å²) in [7, 11) is 0. The molecule has 0 radical (unpaired) electrons. The second-order valence-electron chi connectivity index (χ2n) is 11.1. The van der Waals surface area contributed by atoms with E-state index in [9.17, 15) is 33.5 Å². The third-order valence-electron chi connectivity index (χ3n) is 8.12. The number of aromatic nitrogens is 1. The fraction of sp³-hybridized carbons (Fsp3) is 0.333. The highest BCUT2D eigenvalue weighted by atomic mass is 35.5. The van der Waals surface area contributed by atoms with Crippen molar-refractivity contribution in [1.29, 1.82) is 5.26 Å². The van der Waals surface area contributed by atoms with Crippen molar-refractivity contribution in [2.45, 2.75) is 59.5 Å². The number of aromatic amines is 1. The number of nitrogens with zero attached hydrogens (tertiary/aromatic N) is 4. The van der Waals surface area contributed by atoms with E-state index in [2.05, 4.69) is 0 Å². The minimum absolute atomic E-state index is 0.0762. The number of fused-ring (bicyclic) bond motifs is 1. The maximum atomic E-state index is 16.0. The Labute approximate surface area is 279 Å². The van der Waals surface area contributed by atoms with Crippen molar-refractivity contribution in [3.8, 4) is 11.8 Å². The first-order chi connectivity index (χ1) is 21.8. The summed E-state index contributed by atoms with van der Waals surface area (Å²) < 4.78 is 44.3. The van der Waals surface area contributed by atoms with Gasteiger partial charge in [0, 0.05) is 41.0 Å². The monoisotopic (exact) mass is 711 g/mol. The molecule has 2 aromatic carbocycles. The van der Waals surface area contributed by atoms with Gasteiger partial charge in [0.1, 0.15) is 11.3 Å². The van der Waals surface area contributed by atoms with Gasteiger partial charge < -0.3 is 19.9 Å². The molecule has 1 aromatic heterocycles. The van der Waals surface area contributed by atoms with E-state index in [1.165, 1.54) is 23.1 Å². The van der Waals surface area contributed by atoms with E-state index in [-0.39, 0.29) is 61.8 Å². The van der Waals surface area contributed by atoms with Gasteiger partial charge in [-0.3, -0.25) is 14.5 Å². The van der Waals surface area contributed by atoms with Crippen LogP contribution < -0.4 is 10.5 Å². The van der Waals surface area contributed by atoms with E-state index < -0.39 is 52.1 Å². The molecule has 16 heteroatoms. The topological polar surface area (TPSA) is 121 Å². The van der Waals surface area contributed by atoms with Gasteiger partial charge in [-0.05, 0) is 60.7 Å². The number of amides is 3. The fourth-order valence-corrected chi connectivity index (χ4v) is 7.59. The van der Waals surface area contributed by atoms with Gasteiger partial charge in [-0.25, -0.2) is 9.18 Å². The Morgan fingerprint density at radius 3 is 2.50 bits per heavy atom. The molecule has 3 amide bonds. The largest absolute Gasteiger partial charge is 0.503 e. The number of rotatable bonds is 7. The van der Waals surface area contributed by atoms with E-state index >= 15 is 4.39 Å². The number of H-pyrrole nitrogens is 1. The molecule has 0 spiro atoms. The number of aromatic hydroxyl groups is 1. The van der Waals surface area contributed by atoms with Crippen molar-refractivity contribution in [1.82, 2.24) is 14.8 Å². The molecule has 46 heavy (non-hydrogen) atoms. The molecule has 1 aliphatic carbocycles. The molecule has 1 saturated carbocycles. The van der Waals surface area contributed by atoms with Crippen LogP contribution in [0.2, 0.25) is 10.0 Å². The molecule has 2 N–H and O–H groups in total. The Hall–Kier alpha value is -3.57. The van der Waals surface area contributed by atoms with Crippen molar-refractivity contribution >= 4 is 64.2 Å². The van der Waals surface area contributed by atoms with Crippen LogP contribution in [0.5, 0.6) is 5.75 Å². The van der Waals surface area contributed by atoms with Crippen LogP contribution in [0.4, 0.5) is 23.7 Å². The van der Waals surface area contributed by atoms with E-state index in [4.69, 9.17) is 34.8 Å². The maximum absolute atomic E-state index is 16.0. The number of hydrogen-bond donors (Lipinski definition) is 2. The average molecular weight is 713 g/mol. The van der Waals surface area contributed by atoms with Crippen molar-refractivity contribution < 1.29 is 27.9 Å². The number of hydrogen-bond acceptors (Lipinski definition) is 6. The molecule has 240 valence electrons. The highest BCUT2D eigenvalue weighted by Gasteiger charge is 2.43. The Kier molecular flexibility index (Phi) is 8.60. The minimum atomic E-state index is -4.01. The summed E-state index contributed by atoms with van der Waals surface area (Å²) >= 11 is 18.5. The smallest absolute Gasteiger partial charge is 0.362 e. The first kappa shape index (κ1) is 32.4. The van der Waals surface area contributed by atoms with Gasteiger partial charge in [-0.1, -0.05) is 41.0 Å². The number of phenols is 1. The number of alkyl halides is 3. The predicted octanol–water partition coefficient (Wildman–Crippen LogP) is 7.37. The van der Waals surface area contributed by atoms with Gasteiger partial charge in [-0.2, -0.15) is 14.0 Å². The highest BCUT2D eigenvalue weighted by Crippen LogP contribution is 2.47. The average Bonchev–Trinajstić information content (AvgIpc) is 3.77. The predicted molar refractivity (Wildman–Crippen MR) is 165 cm³/mol. The Morgan fingerprint density at radius 2 is 1.87 bits per heavy atom. The number of nitriles is 1. The SMILES string of the molecule is N#CCC1c2c(cc(N3CCCN(C4CC4)C3=O)c(O)c2F)CN1C(=O)c1c(Sc2c(Cl)cccc2Cl)cc(C(F)(F)Cl)[nH]c1=O. The minimum Gasteiger partial charge on any atom is -0.503 e. The van der Waals surface area contributed by atoms with Crippen LogP contribution in [0.25, 0.3) is 0 Å². The molecular weight excluding hydrogens is 690 g/mol. The molecular formula is C30H23Cl3F3N5O4S. The maximum Gasteiger partial charge on any atom is 0.362 e. The van der Waals surface area contributed by atoms with Gasteiger partial charge >= 0.3 is 11.4 Å². The first-order valence-corrected chi connectivity index (χ1v) is 16.0. The number of benzene rings is 2. The summed E-state index contributed by atoms with van der Waals surface area (Å²) in [5.74, 6) is -2.93. The normalized spacial score (nSPS) is 18.2.